The smallest absolute Gasteiger partial charge is 0.253 e. The summed E-state index contributed by atoms with van der Waals surface area (Å²) in [4.78, 5) is 24.4. The molecule has 0 aliphatic heterocycles. The lowest BCUT2D eigenvalue weighted by Crippen LogP contribution is -2.34. The summed E-state index contributed by atoms with van der Waals surface area (Å²) in [6.45, 7) is 3.79. The Balaban J connectivity index is 2.73. The molecule has 0 fully saturated rings. The predicted molar refractivity (Wildman–Crippen MR) is 75.9 cm³/mol. The maximum Gasteiger partial charge on any atom is 0.253 e. The lowest BCUT2D eigenvalue weighted by atomic mass is 10.2. The average Bonchev–Trinajstić information content (AvgIpc) is 2.34. The fourth-order valence-corrected chi connectivity index (χ4v) is 1.74. The van der Waals surface area contributed by atoms with Crippen molar-refractivity contribution >= 4 is 33.8 Å². The van der Waals surface area contributed by atoms with E-state index >= 15 is 0 Å². The monoisotopic (exact) mass is 309 g/mol. The molecule has 0 aliphatic carbocycles. The van der Waals surface area contributed by atoms with Gasteiger partial charge < -0.3 is 0 Å². The van der Waals surface area contributed by atoms with E-state index in [9.17, 15) is 9.59 Å². The quantitative estimate of drug-likeness (QED) is 0.801. The number of imide groups is 1. The molecule has 0 heterocycles. The second-order valence-electron chi connectivity index (χ2n) is 3.89. The molecule has 0 saturated carbocycles. The fraction of sp³-hybridized carbons (Fsp3) is 0.286. The Kier molecular flexibility index (Phi) is 5.78. The highest BCUT2D eigenvalue weighted by Crippen LogP contribution is 2.11. The van der Waals surface area contributed by atoms with Crippen LogP contribution in [0.2, 0.25) is 0 Å². The minimum Gasteiger partial charge on any atom is -0.279 e. The van der Waals surface area contributed by atoms with Crippen LogP contribution in [-0.2, 0) is 9.59 Å². The van der Waals surface area contributed by atoms with E-state index < -0.39 is 0 Å². The molecule has 0 aromatic heterocycles. The van der Waals surface area contributed by atoms with Gasteiger partial charge in [0.15, 0.2) is 0 Å². The second kappa shape index (κ2) is 7.11. The molecular weight excluding hydrogens is 294 g/mol. The molecule has 0 aliphatic rings. The lowest BCUT2D eigenvalue weighted by Gasteiger charge is -2.15. The minimum atomic E-state index is -0.271. The van der Waals surface area contributed by atoms with Crippen molar-refractivity contribution in [2.45, 2.75) is 20.3 Å². The van der Waals surface area contributed by atoms with Crippen LogP contribution in [0.15, 0.2) is 34.8 Å². The number of carbonyl (C=O) groups excluding carboxylic acids is 2. The topological polar surface area (TPSA) is 37.4 Å². The van der Waals surface area contributed by atoms with Crippen LogP contribution in [0.5, 0.6) is 0 Å². The van der Waals surface area contributed by atoms with Gasteiger partial charge in [-0.2, -0.15) is 0 Å². The van der Waals surface area contributed by atoms with Crippen molar-refractivity contribution in [1.29, 1.82) is 0 Å². The van der Waals surface area contributed by atoms with Crippen molar-refractivity contribution in [1.82, 2.24) is 4.90 Å². The van der Waals surface area contributed by atoms with E-state index in [2.05, 4.69) is 15.9 Å². The Morgan fingerprint density at radius 3 is 2.39 bits per heavy atom. The zero-order valence-electron chi connectivity index (χ0n) is 10.5. The summed E-state index contributed by atoms with van der Waals surface area (Å²) in [6, 6.07) is 7.59. The number of halogens is 1. The first-order valence-electron chi connectivity index (χ1n) is 5.80. The molecule has 0 radical (unpaired) electrons. The Morgan fingerprint density at radius 2 is 1.89 bits per heavy atom. The van der Waals surface area contributed by atoms with Crippen LogP contribution < -0.4 is 0 Å². The second-order valence-corrected chi connectivity index (χ2v) is 4.81. The summed E-state index contributed by atoms with van der Waals surface area (Å²) < 4.78 is 0.988. The van der Waals surface area contributed by atoms with Gasteiger partial charge in [0, 0.05) is 24.0 Å². The highest BCUT2D eigenvalue weighted by atomic mass is 79.9. The number of benzene rings is 1. The predicted octanol–water partition coefficient (Wildman–Crippen LogP) is 3.25. The first-order valence-corrected chi connectivity index (χ1v) is 6.59. The van der Waals surface area contributed by atoms with Crippen LogP contribution in [0.25, 0.3) is 6.08 Å². The van der Waals surface area contributed by atoms with E-state index in [1.165, 1.54) is 17.9 Å². The van der Waals surface area contributed by atoms with Gasteiger partial charge in [0.1, 0.15) is 0 Å². The molecular formula is C14H16BrNO2. The lowest BCUT2D eigenvalue weighted by molar-refractivity contribution is -0.140. The number of carbonyl (C=O) groups is 2. The maximum absolute atomic E-state index is 11.8. The van der Waals surface area contributed by atoms with E-state index in [-0.39, 0.29) is 11.8 Å². The Bertz CT molecular complexity index is 451. The molecule has 0 bridgehead atoms. The third-order valence-electron chi connectivity index (χ3n) is 2.38. The van der Waals surface area contributed by atoms with Crippen LogP contribution in [-0.4, -0.2) is 23.3 Å². The normalized spacial score (nSPS) is 10.6. The molecule has 3 nitrogen and oxygen atoms in total. The van der Waals surface area contributed by atoms with Gasteiger partial charge in [0.05, 0.1) is 0 Å². The van der Waals surface area contributed by atoms with Gasteiger partial charge in [-0.25, -0.2) is 0 Å². The molecule has 0 atom stereocenters. The molecule has 4 heteroatoms. The van der Waals surface area contributed by atoms with Crippen molar-refractivity contribution in [2.75, 3.05) is 6.54 Å². The van der Waals surface area contributed by atoms with Crippen molar-refractivity contribution in [3.05, 3.63) is 40.4 Å². The van der Waals surface area contributed by atoms with E-state index in [0.717, 1.165) is 16.5 Å². The highest BCUT2D eigenvalue weighted by molar-refractivity contribution is 9.10. The average molecular weight is 310 g/mol. The summed E-state index contributed by atoms with van der Waals surface area (Å²) in [5, 5.41) is 0. The number of hydrogen-bond acceptors (Lipinski definition) is 2. The van der Waals surface area contributed by atoms with E-state index in [4.69, 9.17) is 0 Å². The van der Waals surface area contributed by atoms with Crippen LogP contribution >= 0.6 is 15.9 Å². The SMILES string of the molecule is CCCN(C(C)=O)C(=O)/C=C/c1ccc(Br)cc1. The van der Waals surface area contributed by atoms with E-state index in [0.29, 0.717) is 6.54 Å². The number of nitrogens with zero attached hydrogens (tertiary/aromatic N) is 1. The van der Waals surface area contributed by atoms with Crippen LogP contribution in [0, 0.1) is 0 Å². The van der Waals surface area contributed by atoms with Gasteiger partial charge in [0.25, 0.3) is 5.91 Å². The van der Waals surface area contributed by atoms with Crippen molar-refractivity contribution in [2.24, 2.45) is 0 Å². The largest absolute Gasteiger partial charge is 0.279 e. The molecule has 0 saturated heterocycles. The molecule has 1 aromatic carbocycles. The van der Waals surface area contributed by atoms with Gasteiger partial charge in [-0.05, 0) is 30.2 Å². The summed E-state index contributed by atoms with van der Waals surface area (Å²) in [5.74, 6) is -0.491. The Hall–Kier alpha value is -1.42. The zero-order chi connectivity index (χ0) is 13.5. The van der Waals surface area contributed by atoms with Gasteiger partial charge in [-0.1, -0.05) is 35.0 Å². The van der Waals surface area contributed by atoms with Gasteiger partial charge in [-0.3, -0.25) is 14.5 Å². The Morgan fingerprint density at radius 1 is 1.28 bits per heavy atom. The summed E-state index contributed by atoms with van der Waals surface area (Å²) in [7, 11) is 0. The molecule has 18 heavy (non-hydrogen) atoms. The minimum absolute atomic E-state index is 0.220. The van der Waals surface area contributed by atoms with Gasteiger partial charge >= 0.3 is 0 Å². The molecule has 0 N–H and O–H groups in total. The fourth-order valence-electron chi connectivity index (χ4n) is 1.48. The first kappa shape index (κ1) is 14.6. The van der Waals surface area contributed by atoms with Crippen LogP contribution in [0.4, 0.5) is 0 Å². The zero-order valence-corrected chi connectivity index (χ0v) is 12.1. The number of rotatable bonds is 4. The number of hydrogen-bond donors (Lipinski definition) is 0. The standard InChI is InChI=1S/C14H16BrNO2/c1-3-10-16(11(2)17)14(18)9-6-12-4-7-13(15)8-5-12/h4-9H,3,10H2,1-2H3/b9-6+. The van der Waals surface area contributed by atoms with Crippen LogP contribution in [0.3, 0.4) is 0 Å². The van der Waals surface area contributed by atoms with Crippen molar-refractivity contribution in [3.63, 3.8) is 0 Å². The molecule has 96 valence electrons. The molecule has 0 unspecified atom stereocenters. The summed E-state index contributed by atoms with van der Waals surface area (Å²) in [6.07, 6.45) is 3.90. The number of amides is 2. The van der Waals surface area contributed by atoms with Crippen molar-refractivity contribution < 1.29 is 9.59 Å². The third-order valence-corrected chi connectivity index (χ3v) is 2.91. The summed E-state index contributed by atoms with van der Waals surface area (Å²) >= 11 is 3.34. The first-order chi connectivity index (χ1) is 8.54. The molecule has 2 amide bonds. The molecule has 1 aromatic rings. The van der Waals surface area contributed by atoms with Gasteiger partial charge in [-0.15, -0.1) is 0 Å². The molecule has 1 rings (SSSR count). The van der Waals surface area contributed by atoms with E-state index in [1.807, 2.05) is 31.2 Å². The van der Waals surface area contributed by atoms with E-state index in [1.54, 1.807) is 6.08 Å². The highest BCUT2D eigenvalue weighted by Gasteiger charge is 2.13. The van der Waals surface area contributed by atoms with Crippen molar-refractivity contribution in [3.8, 4) is 0 Å². The third kappa shape index (κ3) is 4.45. The van der Waals surface area contributed by atoms with Crippen LogP contribution in [0.1, 0.15) is 25.8 Å². The Labute approximate surface area is 116 Å². The summed E-state index contributed by atoms with van der Waals surface area (Å²) in [5.41, 5.74) is 0.923. The molecule has 0 spiro atoms. The maximum atomic E-state index is 11.8. The van der Waals surface area contributed by atoms with Gasteiger partial charge in [0.2, 0.25) is 5.91 Å².